The Kier molecular flexibility index (Phi) is 5.29. The van der Waals surface area contributed by atoms with Gasteiger partial charge in [0.2, 0.25) is 0 Å². The molecule has 2 aromatic carbocycles. The topological polar surface area (TPSA) is 38.7 Å². The molecule has 3 nitrogen and oxygen atoms in total. The van der Waals surface area contributed by atoms with E-state index in [4.69, 9.17) is 16.4 Å². The predicted molar refractivity (Wildman–Crippen MR) is 85.2 cm³/mol. The molecule has 0 radical (unpaired) electrons. The summed E-state index contributed by atoms with van der Waals surface area (Å²) in [6, 6.07) is 16.9. The van der Waals surface area contributed by atoms with Crippen molar-refractivity contribution in [1.29, 1.82) is 0 Å². The van der Waals surface area contributed by atoms with Gasteiger partial charge in [0.15, 0.2) is 0 Å². The van der Waals surface area contributed by atoms with Gasteiger partial charge in [0.05, 0.1) is 0 Å². The maximum atomic E-state index is 10.9. The van der Waals surface area contributed by atoms with Crippen molar-refractivity contribution in [1.82, 2.24) is 0 Å². The molecule has 0 saturated heterocycles. The molecule has 4 heteroatoms. The fourth-order valence-electron chi connectivity index (χ4n) is 1.68. The number of rotatable bonds is 4. The van der Waals surface area contributed by atoms with Crippen LogP contribution in [-0.2, 0) is 9.63 Å². The SMILES string of the molecule is CC(=O)ON=C(C=Cc1ccccc1Cl)c1ccccc1. The van der Waals surface area contributed by atoms with Gasteiger partial charge < -0.3 is 4.84 Å². The first-order valence-electron chi connectivity index (χ1n) is 6.40. The van der Waals surface area contributed by atoms with E-state index in [0.29, 0.717) is 10.7 Å². The summed E-state index contributed by atoms with van der Waals surface area (Å²) in [6.07, 6.45) is 3.59. The van der Waals surface area contributed by atoms with Crippen molar-refractivity contribution in [3.05, 3.63) is 76.8 Å². The van der Waals surface area contributed by atoms with Crippen LogP contribution in [0.4, 0.5) is 0 Å². The second-order valence-electron chi connectivity index (χ2n) is 4.28. The molecule has 0 unspecified atom stereocenters. The molecule has 0 spiro atoms. The van der Waals surface area contributed by atoms with E-state index in [-0.39, 0.29) is 0 Å². The lowest BCUT2D eigenvalue weighted by Crippen LogP contribution is -2.00. The van der Waals surface area contributed by atoms with Crippen molar-refractivity contribution in [2.75, 3.05) is 0 Å². The molecule has 0 N–H and O–H groups in total. The van der Waals surface area contributed by atoms with Gasteiger partial charge in [-0.05, 0) is 17.7 Å². The van der Waals surface area contributed by atoms with E-state index >= 15 is 0 Å². The first-order valence-corrected chi connectivity index (χ1v) is 6.78. The summed E-state index contributed by atoms with van der Waals surface area (Å²) >= 11 is 6.10. The molecule has 2 rings (SSSR count). The molecule has 0 saturated carbocycles. The molecule has 0 aromatic heterocycles. The highest BCUT2D eigenvalue weighted by molar-refractivity contribution is 6.32. The Morgan fingerprint density at radius 2 is 1.76 bits per heavy atom. The minimum atomic E-state index is -0.463. The minimum Gasteiger partial charge on any atom is -0.318 e. The smallest absolute Gasteiger partial charge is 0.318 e. The van der Waals surface area contributed by atoms with Gasteiger partial charge >= 0.3 is 5.97 Å². The number of oxime groups is 1. The van der Waals surface area contributed by atoms with Gasteiger partial charge in [-0.15, -0.1) is 0 Å². The molecule has 0 heterocycles. The zero-order valence-electron chi connectivity index (χ0n) is 11.5. The summed E-state index contributed by atoms with van der Waals surface area (Å²) in [7, 11) is 0. The third-order valence-electron chi connectivity index (χ3n) is 2.67. The largest absolute Gasteiger partial charge is 0.332 e. The molecular weight excluding hydrogens is 286 g/mol. The van der Waals surface area contributed by atoms with Gasteiger partial charge in [0.1, 0.15) is 5.71 Å². The van der Waals surface area contributed by atoms with Crippen LogP contribution in [0.1, 0.15) is 18.1 Å². The average Bonchev–Trinajstić information content (AvgIpc) is 2.49. The number of halogens is 1. The Balaban J connectivity index is 2.31. The van der Waals surface area contributed by atoms with E-state index < -0.39 is 5.97 Å². The zero-order chi connectivity index (χ0) is 15.1. The molecule has 0 atom stereocenters. The van der Waals surface area contributed by atoms with Gasteiger partial charge in [0.25, 0.3) is 0 Å². The molecule has 0 amide bonds. The fourth-order valence-corrected chi connectivity index (χ4v) is 1.88. The number of allylic oxidation sites excluding steroid dienone is 1. The lowest BCUT2D eigenvalue weighted by Gasteiger charge is -2.02. The fraction of sp³-hybridized carbons (Fsp3) is 0.0588. The van der Waals surface area contributed by atoms with Crippen LogP contribution < -0.4 is 0 Å². The van der Waals surface area contributed by atoms with E-state index in [9.17, 15) is 4.79 Å². The Labute approximate surface area is 128 Å². The molecular formula is C17H14ClNO2. The Hall–Kier alpha value is -2.39. The van der Waals surface area contributed by atoms with Crippen LogP contribution in [0.2, 0.25) is 5.02 Å². The first kappa shape index (κ1) is 15.0. The quantitative estimate of drug-likeness (QED) is 0.479. The molecule has 2 aromatic rings. The Bertz CT molecular complexity index is 678. The number of hydrogen-bond donors (Lipinski definition) is 0. The van der Waals surface area contributed by atoms with Crippen molar-refractivity contribution in [3.8, 4) is 0 Å². The van der Waals surface area contributed by atoms with Crippen LogP contribution in [0, 0.1) is 0 Å². The number of benzene rings is 2. The van der Waals surface area contributed by atoms with Gasteiger partial charge in [-0.1, -0.05) is 71.4 Å². The van der Waals surface area contributed by atoms with Gasteiger partial charge in [-0.25, -0.2) is 4.79 Å². The maximum Gasteiger partial charge on any atom is 0.332 e. The highest BCUT2D eigenvalue weighted by Crippen LogP contribution is 2.17. The van der Waals surface area contributed by atoms with Crippen LogP contribution in [0.3, 0.4) is 0 Å². The van der Waals surface area contributed by atoms with Gasteiger partial charge in [0, 0.05) is 17.5 Å². The van der Waals surface area contributed by atoms with E-state index in [2.05, 4.69) is 5.16 Å². The summed E-state index contributed by atoms with van der Waals surface area (Å²) in [5, 5.41) is 4.52. The van der Waals surface area contributed by atoms with Crippen molar-refractivity contribution in [2.24, 2.45) is 5.16 Å². The maximum absolute atomic E-state index is 10.9. The van der Waals surface area contributed by atoms with Crippen LogP contribution in [-0.4, -0.2) is 11.7 Å². The third kappa shape index (κ3) is 4.58. The molecule has 0 aliphatic carbocycles. The molecule has 106 valence electrons. The lowest BCUT2D eigenvalue weighted by molar-refractivity contribution is -0.140. The second-order valence-corrected chi connectivity index (χ2v) is 4.69. The van der Waals surface area contributed by atoms with Gasteiger partial charge in [-0.2, -0.15) is 0 Å². The van der Waals surface area contributed by atoms with Gasteiger partial charge in [-0.3, -0.25) is 0 Å². The molecule has 0 bridgehead atoms. The molecule has 0 fully saturated rings. The molecule has 21 heavy (non-hydrogen) atoms. The normalized spacial score (nSPS) is 11.6. The Morgan fingerprint density at radius 3 is 2.43 bits per heavy atom. The highest BCUT2D eigenvalue weighted by atomic mass is 35.5. The Morgan fingerprint density at radius 1 is 1.10 bits per heavy atom. The first-order chi connectivity index (χ1) is 10.2. The minimum absolute atomic E-state index is 0.463. The average molecular weight is 300 g/mol. The molecule has 0 aliphatic heterocycles. The van der Waals surface area contributed by atoms with Crippen molar-refractivity contribution >= 4 is 29.4 Å². The predicted octanol–water partition coefficient (Wildman–Crippen LogP) is 4.32. The number of hydrogen-bond acceptors (Lipinski definition) is 3. The zero-order valence-corrected chi connectivity index (χ0v) is 12.2. The summed E-state index contributed by atoms with van der Waals surface area (Å²) in [5.74, 6) is -0.463. The molecule has 0 aliphatic rings. The van der Waals surface area contributed by atoms with E-state index in [1.54, 1.807) is 6.08 Å². The van der Waals surface area contributed by atoms with Crippen LogP contribution >= 0.6 is 11.6 Å². The van der Waals surface area contributed by atoms with Crippen LogP contribution in [0.15, 0.2) is 65.8 Å². The third-order valence-corrected chi connectivity index (χ3v) is 3.01. The summed E-state index contributed by atoms with van der Waals surface area (Å²) < 4.78 is 0. The van der Waals surface area contributed by atoms with E-state index in [1.807, 2.05) is 60.7 Å². The second kappa shape index (κ2) is 7.41. The summed E-state index contributed by atoms with van der Waals surface area (Å²) in [4.78, 5) is 15.7. The monoisotopic (exact) mass is 299 g/mol. The summed E-state index contributed by atoms with van der Waals surface area (Å²) in [5.41, 5.74) is 2.26. The summed E-state index contributed by atoms with van der Waals surface area (Å²) in [6.45, 7) is 1.31. The van der Waals surface area contributed by atoms with Crippen molar-refractivity contribution < 1.29 is 9.63 Å². The van der Waals surface area contributed by atoms with E-state index in [0.717, 1.165) is 11.1 Å². The highest BCUT2D eigenvalue weighted by Gasteiger charge is 2.02. The van der Waals surface area contributed by atoms with Crippen LogP contribution in [0.5, 0.6) is 0 Å². The van der Waals surface area contributed by atoms with Crippen molar-refractivity contribution in [3.63, 3.8) is 0 Å². The lowest BCUT2D eigenvalue weighted by atomic mass is 10.1. The standard InChI is InChI=1S/C17H14ClNO2/c1-13(20)21-19-17(15-8-3-2-4-9-15)12-11-14-7-5-6-10-16(14)18/h2-12H,1H3. The van der Waals surface area contributed by atoms with Crippen LogP contribution in [0.25, 0.3) is 6.08 Å². The number of carbonyl (C=O) groups is 1. The van der Waals surface area contributed by atoms with Crippen molar-refractivity contribution in [2.45, 2.75) is 6.92 Å². The van der Waals surface area contributed by atoms with E-state index in [1.165, 1.54) is 6.92 Å². The number of carbonyl (C=O) groups excluding carboxylic acids is 1. The number of nitrogens with zero attached hydrogens (tertiary/aromatic N) is 1.